The van der Waals surface area contributed by atoms with Gasteiger partial charge in [0.25, 0.3) is 5.91 Å². The minimum Gasteiger partial charge on any atom is -0.345 e. The van der Waals surface area contributed by atoms with Gasteiger partial charge in [-0.3, -0.25) is 4.79 Å². The molecule has 0 unspecified atom stereocenters. The second-order valence-electron chi connectivity index (χ2n) is 6.16. The highest BCUT2D eigenvalue weighted by atomic mass is 16.2. The van der Waals surface area contributed by atoms with Crippen LogP contribution in [0.4, 0.5) is 0 Å². The average molecular weight is 331 g/mol. The number of aromatic nitrogens is 4. The largest absolute Gasteiger partial charge is 0.345 e. The van der Waals surface area contributed by atoms with Crippen molar-refractivity contribution in [1.29, 1.82) is 0 Å². The molecule has 0 aliphatic rings. The molecule has 2 heterocycles. The zero-order valence-corrected chi connectivity index (χ0v) is 14.0. The molecule has 0 aliphatic carbocycles. The van der Waals surface area contributed by atoms with Gasteiger partial charge >= 0.3 is 0 Å². The van der Waals surface area contributed by atoms with Crippen LogP contribution >= 0.6 is 0 Å². The lowest BCUT2D eigenvalue weighted by atomic mass is 10.1. The van der Waals surface area contributed by atoms with Gasteiger partial charge in [0.2, 0.25) is 5.65 Å². The van der Waals surface area contributed by atoms with E-state index in [2.05, 4.69) is 27.3 Å². The van der Waals surface area contributed by atoms with Crippen molar-refractivity contribution in [3.63, 3.8) is 0 Å². The first kappa shape index (κ1) is 15.3. The van der Waals surface area contributed by atoms with Gasteiger partial charge in [0, 0.05) is 31.6 Å². The molecule has 0 fully saturated rings. The molecule has 6 nitrogen and oxygen atoms in total. The fraction of sp³-hybridized carbons (Fsp3) is 0.158. The SMILES string of the molecule is CN(C)C(=O)c1ccc2nnc3ncn(Cc4ccccc4)c3c2c1. The molecule has 0 aliphatic heterocycles. The molecule has 2 aromatic carbocycles. The molecule has 4 rings (SSSR count). The van der Waals surface area contributed by atoms with Gasteiger partial charge in [-0.05, 0) is 23.8 Å². The van der Waals surface area contributed by atoms with Crippen molar-refractivity contribution in [2.24, 2.45) is 0 Å². The molecule has 2 aromatic heterocycles. The summed E-state index contributed by atoms with van der Waals surface area (Å²) in [6.07, 6.45) is 1.77. The summed E-state index contributed by atoms with van der Waals surface area (Å²) in [4.78, 5) is 18.2. The molecular formula is C19H17N5O. The summed E-state index contributed by atoms with van der Waals surface area (Å²) in [6.45, 7) is 0.685. The maximum atomic E-state index is 12.3. The summed E-state index contributed by atoms with van der Waals surface area (Å²) in [5.41, 5.74) is 4.02. The first-order chi connectivity index (χ1) is 12.1. The van der Waals surface area contributed by atoms with E-state index >= 15 is 0 Å². The summed E-state index contributed by atoms with van der Waals surface area (Å²) in [5, 5.41) is 9.31. The van der Waals surface area contributed by atoms with Crippen molar-refractivity contribution in [1.82, 2.24) is 24.6 Å². The molecule has 0 spiro atoms. The van der Waals surface area contributed by atoms with Crippen molar-refractivity contribution in [3.05, 3.63) is 66.0 Å². The Morgan fingerprint density at radius 1 is 1.08 bits per heavy atom. The van der Waals surface area contributed by atoms with E-state index in [-0.39, 0.29) is 5.91 Å². The minimum atomic E-state index is -0.0408. The Labute approximate surface area is 144 Å². The van der Waals surface area contributed by atoms with Crippen LogP contribution in [0.25, 0.3) is 22.1 Å². The third-order valence-corrected chi connectivity index (χ3v) is 4.17. The number of imidazole rings is 1. The maximum Gasteiger partial charge on any atom is 0.253 e. The number of hydrogen-bond acceptors (Lipinski definition) is 4. The van der Waals surface area contributed by atoms with Crippen molar-refractivity contribution in [2.75, 3.05) is 14.1 Å². The quantitative estimate of drug-likeness (QED) is 0.579. The molecule has 4 aromatic rings. The minimum absolute atomic E-state index is 0.0408. The number of fused-ring (bicyclic) bond motifs is 3. The Bertz CT molecular complexity index is 1070. The van der Waals surface area contributed by atoms with Gasteiger partial charge in [-0.2, -0.15) is 0 Å². The molecule has 0 saturated carbocycles. The average Bonchev–Trinajstić information content (AvgIpc) is 3.04. The lowest BCUT2D eigenvalue weighted by Gasteiger charge is -2.11. The van der Waals surface area contributed by atoms with Crippen LogP contribution in [0.2, 0.25) is 0 Å². The molecule has 0 radical (unpaired) electrons. The molecule has 25 heavy (non-hydrogen) atoms. The Morgan fingerprint density at radius 3 is 2.64 bits per heavy atom. The number of nitrogens with zero attached hydrogens (tertiary/aromatic N) is 5. The van der Waals surface area contributed by atoms with Crippen molar-refractivity contribution in [2.45, 2.75) is 6.54 Å². The lowest BCUT2D eigenvalue weighted by Crippen LogP contribution is -2.21. The van der Waals surface area contributed by atoms with E-state index in [0.717, 1.165) is 16.4 Å². The second-order valence-corrected chi connectivity index (χ2v) is 6.16. The summed E-state index contributed by atoms with van der Waals surface area (Å²) >= 11 is 0. The monoisotopic (exact) mass is 331 g/mol. The summed E-state index contributed by atoms with van der Waals surface area (Å²) in [7, 11) is 3.49. The summed E-state index contributed by atoms with van der Waals surface area (Å²) < 4.78 is 2.05. The van der Waals surface area contributed by atoms with Crippen LogP contribution in [0, 0.1) is 0 Å². The van der Waals surface area contributed by atoms with Crippen LogP contribution in [0.5, 0.6) is 0 Å². The van der Waals surface area contributed by atoms with Gasteiger partial charge in [0.05, 0.1) is 17.4 Å². The zero-order chi connectivity index (χ0) is 17.4. The third kappa shape index (κ3) is 2.71. The molecule has 1 amide bonds. The Morgan fingerprint density at radius 2 is 1.88 bits per heavy atom. The summed E-state index contributed by atoms with van der Waals surface area (Å²) in [6, 6.07) is 15.7. The van der Waals surface area contributed by atoms with Gasteiger partial charge < -0.3 is 9.47 Å². The first-order valence-electron chi connectivity index (χ1n) is 8.00. The van der Waals surface area contributed by atoms with Gasteiger partial charge in [-0.15, -0.1) is 10.2 Å². The highest BCUT2D eigenvalue weighted by Gasteiger charge is 2.14. The fourth-order valence-corrected chi connectivity index (χ4v) is 2.93. The Balaban J connectivity index is 1.90. The van der Waals surface area contributed by atoms with Gasteiger partial charge in [-0.1, -0.05) is 30.3 Å². The second kappa shape index (κ2) is 5.98. The van der Waals surface area contributed by atoms with E-state index in [4.69, 9.17) is 0 Å². The normalized spacial score (nSPS) is 11.1. The van der Waals surface area contributed by atoms with E-state index in [1.54, 1.807) is 31.4 Å². The van der Waals surface area contributed by atoms with Gasteiger partial charge in [-0.25, -0.2) is 4.98 Å². The predicted octanol–water partition coefficient (Wildman–Crippen LogP) is 2.73. The molecule has 0 N–H and O–H groups in total. The zero-order valence-electron chi connectivity index (χ0n) is 14.0. The molecule has 0 bridgehead atoms. The van der Waals surface area contributed by atoms with Crippen LogP contribution in [0.3, 0.4) is 0 Å². The maximum absolute atomic E-state index is 12.3. The molecule has 6 heteroatoms. The molecule has 0 saturated heterocycles. The van der Waals surface area contributed by atoms with Crippen molar-refractivity contribution in [3.8, 4) is 0 Å². The van der Waals surface area contributed by atoms with Gasteiger partial charge in [0.15, 0.2) is 0 Å². The number of benzene rings is 2. The van der Waals surface area contributed by atoms with E-state index in [1.807, 2.05) is 34.9 Å². The topological polar surface area (TPSA) is 63.9 Å². The molecular weight excluding hydrogens is 314 g/mol. The van der Waals surface area contributed by atoms with Crippen LogP contribution in [-0.2, 0) is 6.54 Å². The van der Waals surface area contributed by atoms with Gasteiger partial charge in [0.1, 0.15) is 0 Å². The first-order valence-corrected chi connectivity index (χ1v) is 8.00. The molecule has 0 atom stereocenters. The van der Waals surface area contributed by atoms with E-state index < -0.39 is 0 Å². The van der Waals surface area contributed by atoms with Crippen molar-refractivity contribution < 1.29 is 4.79 Å². The standard InChI is InChI=1S/C19H17N5O/c1-23(2)19(25)14-8-9-16-15(10-14)17-18(22-21-16)20-12-24(17)11-13-6-4-3-5-7-13/h3-10,12H,11H2,1-2H3. The number of hydrogen-bond donors (Lipinski definition) is 0. The highest BCUT2D eigenvalue weighted by molar-refractivity contribution is 6.05. The van der Waals surface area contributed by atoms with Crippen LogP contribution in [-0.4, -0.2) is 44.7 Å². The number of rotatable bonds is 3. The Kier molecular flexibility index (Phi) is 3.65. The smallest absolute Gasteiger partial charge is 0.253 e. The molecule has 124 valence electrons. The summed E-state index contributed by atoms with van der Waals surface area (Å²) in [5.74, 6) is -0.0408. The van der Waals surface area contributed by atoms with E-state index in [1.165, 1.54) is 5.56 Å². The van der Waals surface area contributed by atoms with Crippen LogP contribution in [0.15, 0.2) is 54.9 Å². The van der Waals surface area contributed by atoms with Crippen LogP contribution < -0.4 is 0 Å². The predicted molar refractivity (Wildman–Crippen MR) is 96.4 cm³/mol. The van der Waals surface area contributed by atoms with Crippen LogP contribution in [0.1, 0.15) is 15.9 Å². The Hall–Kier alpha value is -3.28. The third-order valence-electron chi connectivity index (χ3n) is 4.17. The van der Waals surface area contributed by atoms with E-state index in [0.29, 0.717) is 17.8 Å². The van der Waals surface area contributed by atoms with E-state index in [9.17, 15) is 4.79 Å². The fourth-order valence-electron chi connectivity index (χ4n) is 2.93. The number of carbonyl (C=O) groups excluding carboxylic acids is 1. The number of amides is 1. The number of carbonyl (C=O) groups is 1. The lowest BCUT2D eigenvalue weighted by molar-refractivity contribution is 0.0828. The van der Waals surface area contributed by atoms with Crippen molar-refractivity contribution >= 4 is 28.0 Å². The highest BCUT2D eigenvalue weighted by Crippen LogP contribution is 2.24.